The largest absolute Gasteiger partial charge is 0.379 e. The molecule has 0 aromatic heterocycles. The van der Waals surface area contributed by atoms with E-state index in [1.165, 1.54) is 5.56 Å². The molecule has 78 valence electrons. The van der Waals surface area contributed by atoms with Gasteiger partial charge in [0.15, 0.2) is 5.17 Å². The van der Waals surface area contributed by atoms with Crippen LogP contribution in [0, 0.1) is 0 Å². The van der Waals surface area contributed by atoms with E-state index < -0.39 is 0 Å². The molecule has 0 spiro atoms. The van der Waals surface area contributed by atoms with Crippen LogP contribution >= 0.6 is 28.7 Å². The number of nitrogens with zero attached hydrogens (tertiary/aromatic N) is 1. The highest BCUT2D eigenvalue weighted by molar-refractivity contribution is 8.93. The average Bonchev–Trinajstić information content (AvgIpc) is 2.17. The summed E-state index contributed by atoms with van der Waals surface area (Å²) in [5.74, 6) is 0.976. The maximum atomic E-state index is 5.65. The Balaban J connectivity index is 0.00000169. The number of aliphatic imine (C=N–C) groups is 1. The summed E-state index contributed by atoms with van der Waals surface area (Å²) in [6.45, 7) is 2.75. The highest BCUT2D eigenvalue weighted by Gasteiger charge is 1.91. The molecule has 1 aromatic rings. The normalized spacial score (nSPS) is 10.8. The Morgan fingerprint density at radius 3 is 2.57 bits per heavy atom. The van der Waals surface area contributed by atoms with Crippen molar-refractivity contribution in [1.29, 1.82) is 0 Å². The van der Waals surface area contributed by atoms with Crippen LogP contribution in [0.2, 0.25) is 0 Å². The molecule has 0 heterocycles. The maximum Gasteiger partial charge on any atom is 0.154 e. The Kier molecular flexibility index (Phi) is 7.61. The molecule has 0 bridgehead atoms. The van der Waals surface area contributed by atoms with Gasteiger partial charge in [0.2, 0.25) is 0 Å². The Labute approximate surface area is 99.8 Å². The van der Waals surface area contributed by atoms with Crippen LogP contribution in [0.25, 0.3) is 0 Å². The first-order valence-electron chi connectivity index (χ1n) is 4.29. The van der Waals surface area contributed by atoms with E-state index in [2.05, 4.69) is 11.9 Å². The zero-order chi connectivity index (χ0) is 9.52. The third kappa shape index (κ3) is 5.29. The summed E-state index contributed by atoms with van der Waals surface area (Å²) < 4.78 is 0. The van der Waals surface area contributed by atoms with Gasteiger partial charge in [-0.15, -0.1) is 17.0 Å². The van der Waals surface area contributed by atoms with Gasteiger partial charge in [0.25, 0.3) is 0 Å². The fourth-order valence-corrected chi connectivity index (χ4v) is 1.40. The molecule has 2 nitrogen and oxygen atoms in total. The molecule has 0 saturated carbocycles. The minimum atomic E-state index is 0. The first kappa shape index (κ1) is 13.5. The van der Waals surface area contributed by atoms with Gasteiger partial charge in [0.05, 0.1) is 6.54 Å². The third-order valence-corrected chi connectivity index (χ3v) is 2.27. The fourth-order valence-electron chi connectivity index (χ4n) is 0.946. The zero-order valence-electron chi connectivity index (χ0n) is 8.14. The molecular formula is C10H15BrN2S. The minimum absolute atomic E-state index is 0. The molecule has 0 fully saturated rings. The first-order valence-corrected chi connectivity index (χ1v) is 5.28. The second-order valence-electron chi connectivity index (χ2n) is 2.57. The molecule has 0 aliphatic carbocycles. The highest BCUT2D eigenvalue weighted by Crippen LogP contribution is 2.03. The van der Waals surface area contributed by atoms with E-state index in [4.69, 9.17) is 5.73 Å². The smallest absolute Gasteiger partial charge is 0.154 e. The van der Waals surface area contributed by atoms with Crippen molar-refractivity contribution in [3.05, 3.63) is 35.9 Å². The summed E-state index contributed by atoms with van der Waals surface area (Å²) in [6, 6.07) is 10.1. The van der Waals surface area contributed by atoms with Crippen molar-refractivity contribution >= 4 is 33.9 Å². The molecule has 14 heavy (non-hydrogen) atoms. The molecule has 0 amide bonds. The first-order chi connectivity index (χ1) is 6.33. The molecule has 0 unspecified atom stereocenters. The summed E-state index contributed by atoms with van der Waals surface area (Å²) in [5.41, 5.74) is 6.84. The summed E-state index contributed by atoms with van der Waals surface area (Å²) in [7, 11) is 0. The second-order valence-corrected chi connectivity index (χ2v) is 3.86. The Hall–Kier alpha value is -0.480. The Morgan fingerprint density at radius 1 is 1.36 bits per heavy atom. The molecule has 4 heteroatoms. The van der Waals surface area contributed by atoms with Crippen LogP contribution in [0.3, 0.4) is 0 Å². The lowest BCUT2D eigenvalue weighted by Gasteiger charge is -1.98. The molecule has 1 aromatic carbocycles. The monoisotopic (exact) mass is 274 g/mol. The Bertz CT molecular complexity index is 275. The number of benzene rings is 1. The number of rotatable bonds is 3. The van der Waals surface area contributed by atoms with Gasteiger partial charge in [-0.05, 0) is 11.3 Å². The van der Waals surface area contributed by atoms with Crippen molar-refractivity contribution < 1.29 is 0 Å². The molecule has 0 aliphatic heterocycles. The third-order valence-electron chi connectivity index (χ3n) is 1.55. The van der Waals surface area contributed by atoms with E-state index in [9.17, 15) is 0 Å². The summed E-state index contributed by atoms with van der Waals surface area (Å²) >= 11 is 1.58. The van der Waals surface area contributed by atoms with E-state index in [1.54, 1.807) is 11.8 Å². The standard InChI is InChI=1S/C10H14N2S.BrH/c1-2-13-10(11)12-8-9-6-4-3-5-7-9;/h3-7H,2,8H2,1H3,(H2,11,12);1H. The number of halogens is 1. The molecule has 2 N–H and O–H groups in total. The fraction of sp³-hybridized carbons (Fsp3) is 0.300. The Morgan fingerprint density at radius 2 is 2.00 bits per heavy atom. The molecule has 0 aliphatic rings. The van der Waals surface area contributed by atoms with Crippen molar-refractivity contribution in [3.63, 3.8) is 0 Å². The van der Waals surface area contributed by atoms with Crippen molar-refractivity contribution in [2.24, 2.45) is 10.7 Å². The van der Waals surface area contributed by atoms with Crippen LogP contribution in [0.4, 0.5) is 0 Å². The molecule has 0 radical (unpaired) electrons. The predicted molar refractivity (Wildman–Crippen MR) is 70.2 cm³/mol. The lowest BCUT2D eigenvalue weighted by Crippen LogP contribution is -2.06. The number of hydrogen-bond acceptors (Lipinski definition) is 2. The zero-order valence-corrected chi connectivity index (χ0v) is 10.7. The van der Waals surface area contributed by atoms with Gasteiger partial charge in [0, 0.05) is 0 Å². The van der Waals surface area contributed by atoms with E-state index in [-0.39, 0.29) is 17.0 Å². The number of thioether (sulfide) groups is 1. The van der Waals surface area contributed by atoms with Gasteiger partial charge in [-0.3, -0.25) is 4.99 Å². The summed E-state index contributed by atoms with van der Waals surface area (Å²) in [5, 5.41) is 0.673. The topological polar surface area (TPSA) is 38.4 Å². The van der Waals surface area contributed by atoms with Crippen LogP contribution < -0.4 is 5.73 Å². The maximum absolute atomic E-state index is 5.65. The lowest BCUT2D eigenvalue weighted by molar-refractivity contribution is 1.07. The summed E-state index contributed by atoms with van der Waals surface area (Å²) in [4.78, 5) is 4.24. The lowest BCUT2D eigenvalue weighted by atomic mass is 10.2. The van der Waals surface area contributed by atoms with Crippen molar-refractivity contribution in [1.82, 2.24) is 0 Å². The van der Waals surface area contributed by atoms with E-state index in [0.717, 1.165) is 5.75 Å². The highest BCUT2D eigenvalue weighted by atomic mass is 79.9. The molecule has 1 rings (SSSR count). The molecule has 0 saturated heterocycles. The van der Waals surface area contributed by atoms with Crippen LogP contribution in [-0.2, 0) is 6.54 Å². The van der Waals surface area contributed by atoms with Crippen LogP contribution in [0.15, 0.2) is 35.3 Å². The number of hydrogen-bond donors (Lipinski definition) is 1. The molecular weight excluding hydrogens is 260 g/mol. The van der Waals surface area contributed by atoms with Crippen molar-refractivity contribution in [3.8, 4) is 0 Å². The average molecular weight is 275 g/mol. The van der Waals surface area contributed by atoms with Gasteiger partial charge in [-0.25, -0.2) is 0 Å². The van der Waals surface area contributed by atoms with E-state index in [0.29, 0.717) is 11.7 Å². The number of nitrogens with two attached hydrogens (primary N) is 1. The van der Waals surface area contributed by atoms with Crippen molar-refractivity contribution in [2.45, 2.75) is 13.5 Å². The SMILES string of the molecule is Br.CCSC(N)=NCc1ccccc1. The second kappa shape index (κ2) is 7.88. The number of amidine groups is 1. The van der Waals surface area contributed by atoms with Crippen LogP contribution in [0.5, 0.6) is 0 Å². The van der Waals surface area contributed by atoms with E-state index in [1.807, 2.05) is 30.3 Å². The van der Waals surface area contributed by atoms with Crippen LogP contribution in [0.1, 0.15) is 12.5 Å². The van der Waals surface area contributed by atoms with Gasteiger partial charge < -0.3 is 5.73 Å². The molecule has 0 atom stereocenters. The predicted octanol–water partition coefficient (Wildman–Crippen LogP) is 2.83. The van der Waals surface area contributed by atoms with Gasteiger partial charge in [0.1, 0.15) is 0 Å². The minimum Gasteiger partial charge on any atom is -0.379 e. The van der Waals surface area contributed by atoms with Gasteiger partial charge >= 0.3 is 0 Å². The quantitative estimate of drug-likeness (QED) is 0.680. The van der Waals surface area contributed by atoms with Crippen molar-refractivity contribution in [2.75, 3.05) is 5.75 Å². The van der Waals surface area contributed by atoms with Gasteiger partial charge in [-0.1, -0.05) is 49.0 Å². The van der Waals surface area contributed by atoms with Crippen LogP contribution in [-0.4, -0.2) is 10.9 Å². The van der Waals surface area contributed by atoms with Gasteiger partial charge in [-0.2, -0.15) is 0 Å². The summed E-state index contributed by atoms with van der Waals surface area (Å²) in [6.07, 6.45) is 0. The van der Waals surface area contributed by atoms with E-state index >= 15 is 0 Å².